The standard InChI is InChI=1S/C23H33N3O3S/c1-8-26-15(4)19(21(28)29-14(2)3)20(25-22(26)30)16-9-11-17(12-10-16)24-18(27)13-23(5,6)7/h9-12,14,20H,8,13H2,1-7H3,(H,24,27)(H,25,30)/t20-/m0/s1. The molecule has 0 saturated heterocycles. The molecule has 0 saturated carbocycles. The number of allylic oxidation sites excluding steroid dienone is 1. The second-order valence-electron chi connectivity index (χ2n) is 8.99. The lowest BCUT2D eigenvalue weighted by atomic mass is 9.92. The van der Waals surface area contributed by atoms with Crippen LogP contribution in [0.5, 0.6) is 0 Å². The van der Waals surface area contributed by atoms with Gasteiger partial charge in [-0.15, -0.1) is 0 Å². The maximum absolute atomic E-state index is 12.9. The van der Waals surface area contributed by atoms with Gasteiger partial charge in [0.2, 0.25) is 5.91 Å². The van der Waals surface area contributed by atoms with Gasteiger partial charge < -0.3 is 20.3 Å². The number of amides is 1. The third-order valence-electron chi connectivity index (χ3n) is 4.69. The van der Waals surface area contributed by atoms with Gasteiger partial charge >= 0.3 is 5.97 Å². The zero-order valence-corrected chi connectivity index (χ0v) is 19.8. The first-order valence-corrected chi connectivity index (χ1v) is 10.7. The zero-order valence-electron chi connectivity index (χ0n) is 19.0. The summed E-state index contributed by atoms with van der Waals surface area (Å²) in [6.07, 6.45) is 0.218. The number of nitrogens with zero attached hydrogens (tertiary/aromatic N) is 1. The predicted molar refractivity (Wildman–Crippen MR) is 124 cm³/mol. The highest BCUT2D eigenvalue weighted by Gasteiger charge is 2.34. The van der Waals surface area contributed by atoms with Gasteiger partial charge in [0, 0.05) is 24.4 Å². The van der Waals surface area contributed by atoms with Crippen LogP contribution in [0.25, 0.3) is 0 Å². The summed E-state index contributed by atoms with van der Waals surface area (Å²) < 4.78 is 5.50. The Morgan fingerprint density at radius 2 is 1.83 bits per heavy atom. The molecule has 0 aliphatic carbocycles. The lowest BCUT2D eigenvalue weighted by Crippen LogP contribution is -2.47. The smallest absolute Gasteiger partial charge is 0.338 e. The Morgan fingerprint density at radius 3 is 2.33 bits per heavy atom. The second kappa shape index (κ2) is 9.60. The number of anilines is 1. The molecule has 2 N–H and O–H groups in total. The van der Waals surface area contributed by atoms with E-state index in [-0.39, 0.29) is 23.4 Å². The number of carbonyl (C=O) groups is 2. The van der Waals surface area contributed by atoms with Gasteiger partial charge in [-0.3, -0.25) is 4.79 Å². The lowest BCUT2D eigenvalue weighted by molar-refractivity contribution is -0.143. The number of hydrogen-bond acceptors (Lipinski definition) is 4. The third-order valence-corrected chi connectivity index (χ3v) is 5.03. The summed E-state index contributed by atoms with van der Waals surface area (Å²) in [5.74, 6) is -0.383. The number of carbonyl (C=O) groups excluding carboxylic acids is 2. The van der Waals surface area contributed by atoms with Crippen molar-refractivity contribution in [1.82, 2.24) is 10.2 Å². The minimum absolute atomic E-state index is 0.0252. The van der Waals surface area contributed by atoms with Gasteiger partial charge in [-0.1, -0.05) is 32.9 Å². The Bertz CT molecular complexity index is 838. The van der Waals surface area contributed by atoms with Crippen molar-refractivity contribution in [2.24, 2.45) is 5.41 Å². The highest BCUT2D eigenvalue weighted by molar-refractivity contribution is 7.80. The van der Waals surface area contributed by atoms with Crippen molar-refractivity contribution in [3.05, 3.63) is 41.1 Å². The van der Waals surface area contributed by atoms with Crippen molar-refractivity contribution in [2.75, 3.05) is 11.9 Å². The van der Waals surface area contributed by atoms with Crippen LogP contribution in [0.1, 0.15) is 66.5 Å². The minimum Gasteiger partial charge on any atom is -0.459 e. The quantitative estimate of drug-likeness (QED) is 0.509. The molecule has 0 radical (unpaired) electrons. The molecule has 0 aromatic heterocycles. The van der Waals surface area contributed by atoms with Crippen molar-refractivity contribution in [3.8, 4) is 0 Å². The lowest BCUT2D eigenvalue weighted by Gasteiger charge is -2.37. The summed E-state index contributed by atoms with van der Waals surface area (Å²) in [6.45, 7) is 14.3. The van der Waals surface area contributed by atoms with Gasteiger partial charge in [0.05, 0.1) is 17.7 Å². The summed E-state index contributed by atoms with van der Waals surface area (Å²) >= 11 is 5.51. The molecule has 164 valence electrons. The van der Waals surface area contributed by atoms with Gasteiger partial charge in [-0.25, -0.2) is 4.79 Å². The number of thiocarbonyl (C=S) groups is 1. The summed E-state index contributed by atoms with van der Waals surface area (Å²) in [5, 5.41) is 6.77. The number of benzene rings is 1. The minimum atomic E-state index is -0.411. The van der Waals surface area contributed by atoms with Crippen molar-refractivity contribution < 1.29 is 14.3 Å². The fraction of sp³-hybridized carbons (Fsp3) is 0.522. The van der Waals surface area contributed by atoms with Crippen LogP contribution < -0.4 is 10.6 Å². The van der Waals surface area contributed by atoms with Crippen LogP contribution in [0.15, 0.2) is 35.5 Å². The van der Waals surface area contributed by atoms with Crippen molar-refractivity contribution in [1.29, 1.82) is 0 Å². The van der Waals surface area contributed by atoms with E-state index in [2.05, 4.69) is 10.6 Å². The molecule has 1 aliphatic rings. The SMILES string of the molecule is CCN1C(=S)N[C@@H](c2ccc(NC(=O)CC(C)(C)C)cc2)C(C(=O)OC(C)C)=C1C. The van der Waals surface area contributed by atoms with Gasteiger partial charge in [0.25, 0.3) is 0 Å². The maximum Gasteiger partial charge on any atom is 0.338 e. The molecule has 1 atom stereocenters. The second-order valence-corrected chi connectivity index (χ2v) is 9.37. The summed E-state index contributed by atoms with van der Waals surface area (Å²) in [5.41, 5.74) is 2.85. The number of esters is 1. The largest absolute Gasteiger partial charge is 0.459 e. The van der Waals surface area contributed by atoms with E-state index in [9.17, 15) is 9.59 Å². The molecule has 1 aromatic rings. The maximum atomic E-state index is 12.9. The highest BCUT2D eigenvalue weighted by Crippen LogP contribution is 2.32. The first kappa shape index (κ1) is 23.9. The van der Waals surface area contributed by atoms with E-state index in [0.29, 0.717) is 29.3 Å². The van der Waals surface area contributed by atoms with Crippen LogP contribution in [0.2, 0.25) is 0 Å². The Hall–Kier alpha value is -2.41. The van der Waals surface area contributed by atoms with Crippen LogP contribution >= 0.6 is 12.2 Å². The number of hydrogen-bond donors (Lipinski definition) is 2. The normalized spacial score (nSPS) is 17.1. The molecule has 1 aromatic carbocycles. The Labute approximate surface area is 185 Å². The van der Waals surface area contributed by atoms with E-state index in [1.807, 2.05) is 77.6 Å². The average molecular weight is 432 g/mol. The number of nitrogens with one attached hydrogen (secondary N) is 2. The molecular weight excluding hydrogens is 398 g/mol. The molecule has 6 nitrogen and oxygen atoms in total. The van der Waals surface area contributed by atoms with E-state index >= 15 is 0 Å². The van der Waals surface area contributed by atoms with Crippen molar-refractivity contribution in [3.63, 3.8) is 0 Å². The molecule has 0 bridgehead atoms. The summed E-state index contributed by atoms with van der Waals surface area (Å²) in [7, 11) is 0. The topological polar surface area (TPSA) is 70.7 Å². The molecule has 0 unspecified atom stereocenters. The first-order valence-electron chi connectivity index (χ1n) is 10.3. The fourth-order valence-corrected chi connectivity index (χ4v) is 3.78. The van der Waals surface area contributed by atoms with Crippen LogP contribution in [-0.2, 0) is 14.3 Å². The monoisotopic (exact) mass is 431 g/mol. The fourth-order valence-electron chi connectivity index (χ4n) is 3.40. The Balaban J connectivity index is 2.31. The molecule has 0 spiro atoms. The van der Waals surface area contributed by atoms with Crippen LogP contribution in [0.4, 0.5) is 5.69 Å². The molecule has 0 fully saturated rings. The van der Waals surface area contributed by atoms with E-state index in [1.54, 1.807) is 0 Å². The molecule has 30 heavy (non-hydrogen) atoms. The van der Waals surface area contributed by atoms with E-state index in [1.165, 1.54) is 0 Å². The van der Waals surface area contributed by atoms with Gasteiger partial charge in [0.1, 0.15) is 0 Å². The van der Waals surface area contributed by atoms with Crippen molar-refractivity contribution in [2.45, 2.75) is 67.0 Å². The van der Waals surface area contributed by atoms with Gasteiger partial charge in [-0.2, -0.15) is 0 Å². The van der Waals surface area contributed by atoms with Gasteiger partial charge in [-0.05, 0) is 63.0 Å². The summed E-state index contributed by atoms with van der Waals surface area (Å²) in [4.78, 5) is 27.0. The van der Waals surface area contributed by atoms with Crippen LogP contribution in [0.3, 0.4) is 0 Å². The average Bonchev–Trinajstić information content (AvgIpc) is 2.59. The molecule has 2 rings (SSSR count). The third kappa shape index (κ3) is 6.05. The van der Waals surface area contributed by atoms with Crippen LogP contribution in [-0.4, -0.2) is 34.5 Å². The number of ether oxygens (including phenoxy) is 1. The number of rotatable bonds is 6. The molecule has 7 heteroatoms. The van der Waals surface area contributed by atoms with Gasteiger partial charge in [0.15, 0.2) is 5.11 Å². The van der Waals surface area contributed by atoms with Crippen LogP contribution in [0, 0.1) is 5.41 Å². The zero-order chi connectivity index (χ0) is 22.6. The Kier molecular flexibility index (Phi) is 7.64. The Morgan fingerprint density at radius 1 is 1.23 bits per heavy atom. The predicted octanol–water partition coefficient (Wildman–Crippen LogP) is 4.54. The molecule has 1 amide bonds. The first-order chi connectivity index (χ1) is 13.9. The van der Waals surface area contributed by atoms with Crippen molar-refractivity contribution >= 4 is 34.9 Å². The molecule has 1 heterocycles. The van der Waals surface area contributed by atoms with E-state index in [0.717, 1.165) is 11.3 Å². The highest BCUT2D eigenvalue weighted by atomic mass is 32.1. The van der Waals surface area contributed by atoms with E-state index in [4.69, 9.17) is 17.0 Å². The summed E-state index contributed by atoms with van der Waals surface area (Å²) in [6, 6.07) is 7.06. The molecular formula is C23H33N3O3S. The van der Waals surface area contributed by atoms with E-state index < -0.39 is 6.04 Å². The molecule has 1 aliphatic heterocycles.